The van der Waals surface area contributed by atoms with Gasteiger partial charge in [0.1, 0.15) is 0 Å². The zero-order valence-electron chi connectivity index (χ0n) is 15.1. The van der Waals surface area contributed by atoms with Crippen molar-refractivity contribution in [3.63, 3.8) is 0 Å². The van der Waals surface area contributed by atoms with Crippen molar-refractivity contribution in [3.05, 3.63) is 71.3 Å². The highest BCUT2D eigenvalue weighted by Gasteiger charge is 2.36. The van der Waals surface area contributed by atoms with Gasteiger partial charge in [-0.05, 0) is 43.4 Å². The molecule has 0 bridgehead atoms. The molecule has 0 fully saturated rings. The van der Waals surface area contributed by atoms with Crippen LogP contribution in [0.25, 0.3) is 6.08 Å². The fourth-order valence-corrected chi connectivity index (χ4v) is 4.02. The van der Waals surface area contributed by atoms with E-state index in [0.29, 0.717) is 18.2 Å². The predicted molar refractivity (Wildman–Crippen MR) is 101 cm³/mol. The lowest BCUT2D eigenvalue weighted by Gasteiger charge is -2.46. The van der Waals surface area contributed by atoms with Gasteiger partial charge in [0.15, 0.2) is 11.6 Å². The van der Waals surface area contributed by atoms with E-state index < -0.39 is 11.6 Å². The first kappa shape index (κ1) is 17.7. The van der Waals surface area contributed by atoms with Crippen LogP contribution in [0.1, 0.15) is 38.3 Å². The van der Waals surface area contributed by atoms with E-state index in [0.717, 1.165) is 18.4 Å². The number of halogens is 2. The van der Waals surface area contributed by atoms with Crippen molar-refractivity contribution < 1.29 is 8.78 Å². The van der Waals surface area contributed by atoms with Crippen molar-refractivity contribution in [2.75, 3.05) is 11.4 Å². The number of fused-ring (bicyclic) bond motifs is 1. The second kappa shape index (κ2) is 6.99. The van der Waals surface area contributed by atoms with Crippen LogP contribution < -0.4 is 4.90 Å². The molecule has 2 aromatic carbocycles. The molecule has 1 aliphatic rings. The van der Waals surface area contributed by atoms with Crippen molar-refractivity contribution in [3.8, 4) is 0 Å². The minimum absolute atomic E-state index is 0.302. The summed E-state index contributed by atoms with van der Waals surface area (Å²) in [5.74, 6) is -1.09. The quantitative estimate of drug-likeness (QED) is 0.660. The van der Waals surface area contributed by atoms with Gasteiger partial charge in [-0.2, -0.15) is 0 Å². The summed E-state index contributed by atoms with van der Waals surface area (Å²) in [4.78, 5) is 2.05. The van der Waals surface area contributed by atoms with Gasteiger partial charge in [0.25, 0.3) is 0 Å². The molecule has 0 saturated carbocycles. The van der Waals surface area contributed by atoms with Crippen molar-refractivity contribution in [1.29, 1.82) is 0 Å². The third kappa shape index (κ3) is 3.60. The van der Waals surface area contributed by atoms with E-state index >= 15 is 0 Å². The van der Waals surface area contributed by atoms with Gasteiger partial charge in [0.05, 0.1) is 5.69 Å². The van der Waals surface area contributed by atoms with Crippen LogP contribution in [-0.4, -0.2) is 12.1 Å². The summed E-state index contributed by atoms with van der Waals surface area (Å²) in [6.45, 7) is 7.09. The second-order valence-electron chi connectivity index (χ2n) is 7.57. The van der Waals surface area contributed by atoms with E-state index in [1.807, 2.05) is 35.3 Å². The molecule has 3 heteroatoms. The minimum atomic E-state index is -0.786. The van der Waals surface area contributed by atoms with Gasteiger partial charge in [-0.15, -0.1) is 0 Å². The van der Waals surface area contributed by atoms with Crippen LogP contribution in [0, 0.1) is 17.6 Å². The van der Waals surface area contributed by atoms with Crippen LogP contribution in [0.4, 0.5) is 14.5 Å². The maximum atomic E-state index is 14.7. The van der Waals surface area contributed by atoms with E-state index in [1.54, 1.807) is 6.07 Å². The fourth-order valence-electron chi connectivity index (χ4n) is 4.02. The summed E-state index contributed by atoms with van der Waals surface area (Å²) in [6.07, 6.45) is 5.59. The van der Waals surface area contributed by atoms with Crippen molar-refractivity contribution >= 4 is 11.8 Å². The molecule has 0 radical (unpaired) electrons. The Morgan fingerprint density at radius 1 is 1.08 bits per heavy atom. The SMILES string of the molecule is CC(C)C[C@@](C)(Cc1ccccc1)N1CC=Cc2ccc(F)c(F)c21. The summed E-state index contributed by atoms with van der Waals surface area (Å²) in [7, 11) is 0. The molecule has 0 amide bonds. The van der Waals surface area contributed by atoms with Gasteiger partial charge >= 0.3 is 0 Å². The van der Waals surface area contributed by atoms with Crippen molar-refractivity contribution in [2.24, 2.45) is 5.92 Å². The molecule has 3 rings (SSSR count). The average molecular weight is 341 g/mol. The molecule has 1 aliphatic heterocycles. The van der Waals surface area contributed by atoms with Crippen molar-refractivity contribution in [2.45, 2.75) is 39.2 Å². The highest BCUT2D eigenvalue weighted by atomic mass is 19.2. The van der Waals surface area contributed by atoms with E-state index in [-0.39, 0.29) is 5.54 Å². The zero-order valence-corrected chi connectivity index (χ0v) is 15.1. The average Bonchev–Trinajstić information content (AvgIpc) is 2.58. The topological polar surface area (TPSA) is 3.24 Å². The number of rotatable bonds is 5. The Balaban J connectivity index is 2.06. The molecule has 2 aromatic rings. The summed E-state index contributed by atoms with van der Waals surface area (Å²) in [5.41, 5.74) is 2.04. The van der Waals surface area contributed by atoms with Crippen LogP contribution >= 0.6 is 0 Å². The Bertz CT molecular complexity index is 767. The Morgan fingerprint density at radius 2 is 1.80 bits per heavy atom. The van der Waals surface area contributed by atoms with Gasteiger partial charge in [0, 0.05) is 17.6 Å². The number of nitrogens with zero attached hydrogens (tertiary/aromatic N) is 1. The van der Waals surface area contributed by atoms with E-state index in [2.05, 4.69) is 32.9 Å². The zero-order chi connectivity index (χ0) is 18.0. The van der Waals surface area contributed by atoms with Gasteiger partial charge in [0.2, 0.25) is 0 Å². The van der Waals surface area contributed by atoms with Crippen molar-refractivity contribution in [1.82, 2.24) is 0 Å². The summed E-state index contributed by atoms with van der Waals surface area (Å²) >= 11 is 0. The molecule has 0 spiro atoms. The van der Waals surface area contributed by atoms with Gasteiger partial charge in [-0.3, -0.25) is 0 Å². The smallest absolute Gasteiger partial charge is 0.182 e. The lowest BCUT2D eigenvalue weighted by molar-refractivity contribution is 0.339. The molecular weight excluding hydrogens is 316 g/mol. The molecule has 132 valence electrons. The van der Waals surface area contributed by atoms with Crippen LogP contribution in [0.3, 0.4) is 0 Å². The second-order valence-corrected chi connectivity index (χ2v) is 7.57. The van der Waals surface area contributed by atoms with Gasteiger partial charge in [-0.1, -0.05) is 56.3 Å². The molecule has 25 heavy (non-hydrogen) atoms. The van der Waals surface area contributed by atoms with Crippen LogP contribution in [-0.2, 0) is 6.42 Å². The Morgan fingerprint density at radius 3 is 2.48 bits per heavy atom. The molecule has 0 saturated heterocycles. The Hall–Kier alpha value is -2.16. The first-order chi connectivity index (χ1) is 11.9. The number of hydrogen-bond donors (Lipinski definition) is 0. The molecule has 1 nitrogen and oxygen atoms in total. The molecular formula is C22H25F2N. The van der Waals surface area contributed by atoms with Gasteiger partial charge < -0.3 is 4.90 Å². The van der Waals surface area contributed by atoms with Crippen LogP contribution in [0.15, 0.2) is 48.5 Å². The third-order valence-corrected chi connectivity index (χ3v) is 4.88. The molecule has 1 heterocycles. The van der Waals surface area contributed by atoms with Crippen LogP contribution in [0.2, 0.25) is 0 Å². The summed E-state index contributed by atoms with van der Waals surface area (Å²) in [5, 5.41) is 0. The highest BCUT2D eigenvalue weighted by molar-refractivity contribution is 5.73. The molecule has 0 N–H and O–H groups in total. The summed E-state index contributed by atoms with van der Waals surface area (Å²) < 4.78 is 28.6. The number of benzene rings is 2. The minimum Gasteiger partial charge on any atom is -0.359 e. The standard InChI is InChI=1S/C22H25F2N/c1-16(2)14-22(3,15-17-8-5-4-6-9-17)25-13-7-10-18-11-12-19(23)20(24)21(18)25/h4-12,16H,13-15H2,1-3H3/t22-/m0/s1. The maximum Gasteiger partial charge on any atom is 0.182 e. The van der Waals surface area contributed by atoms with Crippen LogP contribution in [0.5, 0.6) is 0 Å². The summed E-state index contributed by atoms with van der Waals surface area (Å²) in [6, 6.07) is 13.1. The molecule has 1 atom stereocenters. The third-order valence-electron chi connectivity index (χ3n) is 4.88. The van der Waals surface area contributed by atoms with E-state index in [1.165, 1.54) is 11.6 Å². The monoisotopic (exact) mass is 341 g/mol. The molecule has 0 aromatic heterocycles. The lowest BCUT2D eigenvalue weighted by Crippen LogP contribution is -2.51. The number of anilines is 1. The normalized spacial score (nSPS) is 16.0. The van der Waals surface area contributed by atoms with Gasteiger partial charge in [-0.25, -0.2) is 8.78 Å². The highest BCUT2D eigenvalue weighted by Crippen LogP contribution is 2.39. The van der Waals surface area contributed by atoms with E-state index in [9.17, 15) is 8.78 Å². The first-order valence-corrected chi connectivity index (χ1v) is 8.87. The molecule has 0 aliphatic carbocycles. The largest absolute Gasteiger partial charge is 0.359 e. The molecule has 0 unspecified atom stereocenters. The predicted octanol–water partition coefficient (Wildman–Crippen LogP) is 5.85. The first-order valence-electron chi connectivity index (χ1n) is 8.87. The Labute approximate surface area is 149 Å². The number of hydrogen-bond acceptors (Lipinski definition) is 1. The maximum absolute atomic E-state index is 14.7. The fraction of sp³-hybridized carbons (Fsp3) is 0.364. The lowest BCUT2D eigenvalue weighted by atomic mass is 9.82. The Kier molecular flexibility index (Phi) is 4.94. The van der Waals surface area contributed by atoms with E-state index in [4.69, 9.17) is 0 Å².